The van der Waals surface area contributed by atoms with Crippen molar-refractivity contribution in [3.63, 3.8) is 0 Å². The SMILES string of the molecule is CCCC=C(C(C=CC(O)CC(=O)O)=C(c1ccc(F)cc1)c1ccccc1C)C1CC1. The molecule has 0 aromatic heterocycles. The summed E-state index contributed by atoms with van der Waals surface area (Å²) in [5, 5.41) is 19.3. The number of aryl methyl sites for hydroxylation is 1. The Morgan fingerprint density at radius 3 is 2.44 bits per heavy atom. The van der Waals surface area contributed by atoms with Gasteiger partial charge >= 0.3 is 5.97 Å². The third-order valence-corrected chi connectivity index (χ3v) is 5.67. The zero-order chi connectivity index (χ0) is 23.1. The van der Waals surface area contributed by atoms with Gasteiger partial charge in [0.25, 0.3) is 0 Å². The number of rotatable bonds is 10. The second-order valence-electron chi connectivity index (χ2n) is 8.36. The molecule has 3 rings (SSSR count). The van der Waals surface area contributed by atoms with Crippen LogP contribution in [0.15, 0.2) is 77.9 Å². The molecule has 4 heteroatoms. The fourth-order valence-corrected chi connectivity index (χ4v) is 3.89. The van der Waals surface area contributed by atoms with Crippen molar-refractivity contribution in [3.8, 4) is 0 Å². The quantitative estimate of drug-likeness (QED) is 0.422. The lowest BCUT2D eigenvalue weighted by molar-refractivity contribution is -0.138. The number of aliphatic hydroxyl groups is 1. The Hall–Kier alpha value is -2.98. The van der Waals surface area contributed by atoms with Crippen molar-refractivity contribution >= 4 is 11.5 Å². The Labute approximate surface area is 189 Å². The molecule has 0 saturated heterocycles. The van der Waals surface area contributed by atoms with Gasteiger partial charge in [0.15, 0.2) is 0 Å². The Kier molecular flexibility index (Phi) is 8.18. The minimum atomic E-state index is -1.08. The van der Waals surface area contributed by atoms with E-state index in [1.54, 1.807) is 18.2 Å². The molecule has 1 saturated carbocycles. The topological polar surface area (TPSA) is 57.5 Å². The van der Waals surface area contributed by atoms with Gasteiger partial charge in [-0.15, -0.1) is 0 Å². The second kappa shape index (κ2) is 11.1. The summed E-state index contributed by atoms with van der Waals surface area (Å²) in [4.78, 5) is 11.0. The number of carboxylic acids is 1. The zero-order valence-corrected chi connectivity index (χ0v) is 18.7. The second-order valence-corrected chi connectivity index (χ2v) is 8.36. The summed E-state index contributed by atoms with van der Waals surface area (Å²) in [6.07, 6.45) is 8.42. The van der Waals surface area contributed by atoms with Crippen molar-refractivity contribution in [2.75, 3.05) is 0 Å². The summed E-state index contributed by atoms with van der Waals surface area (Å²) >= 11 is 0. The first-order valence-corrected chi connectivity index (χ1v) is 11.2. The van der Waals surface area contributed by atoms with Crippen LogP contribution >= 0.6 is 0 Å². The summed E-state index contributed by atoms with van der Waals surface area (Å²) < 4.78 is 13.7. The molecule has 2 aromatic rings. The van der Waals surface area contributed by atoms with Crippen LogP contribution in [0.4, 0.5) is 4.39 Å². The van der Waals surface area contributed by atoms with Crippen LogP contribution < -0.4 is 0 Å². The van der Waals surface area contributed by atoms with Crippen molar-refractivity contribution in [2.45, 2.75) is 52.1 Å². The van der Waals surface area contributed by atoms with Crippen LogP contribution in [0.5, 0.6) is 0 Å². The smallest absolute Gasteiger partial charge is 0.306 e. The van der Waals surface area contributed by atoms with Crippen molar-refractivity contribution in [2.24, 2.45) is 5.92 Å². The van der Waals surface area contributed by atoms with Crippen LogP contribution in [0.2, 0.25) is 0 Å². The first-order valence-electron chi connectivity index (χ1n) is 11.2. The monoisotopic (exact) mass is 434 g/mol. The highest BCUT2D eigenvalue weighted by Crippen LogP contribution is 2.44. The lowest BCUT2D eigenvalue weighted by Gasteiger charge is -2.19. The molecule has 2 N–H and O–H groups in total. The van der Waals surface area contributed by atoms with Gasteiger partial charge in [-0.05, 0) is 77.6 Å². The molecule has 0 aliphatic heterocycles. The third kappa shape index (κ3) is 6.27. The fourth-order valence-electron chi connectivity index (χ4n) is 3.89. The molecule has 1 fully saturated rings. The number of aliphatic carboxylic acids is 1. The maximum atomic E-state index is 13.7. The van der Waals surface area contributed by atoms with Crippen LogP contribution in [0.1, 0.15) is 55.7 Å². The Morgan fingerprint density at radius 2 is 1.84 bits per heavy atom. The predicted molar refractivity (Wildman–Crippen MR) is 127 cm³/mol. The van der Waals surface area contributed by atoms with Crippen molar-refractivity contribution in [1.29, 1.82) is 0 Å². The largest absolute Gasteiger partial charge is 0.481 e. The molecular formula is C28H31FO3. The average Bonchev–Trinajstić information content (AvgIpc) is 3.59. The van der Waals surface area contributed by atoms with Crippen LogP contribution in [-0.4, -0.2) is 22.3 Å². The Morgan fingerprint density at radius 1 is 1.16 bits per heavy atom. The minimum Gasteiger partial charge on any atom is -0.481 e. The molecule has 2 aromatic carbocycles. The van der Waals surface area contributed by atoms with Gasteiger partial charge in [-0.3, -0.25) is 4.79 Å². The van der Waals surface area contributed by atoms with Gasteiger partial charge in [-0.25, -0.2) is 4.39 Å². The van der Waals surface area contributed by atoms with E-state index in [-0.39, 0.29) is 12.2 Å². The molecule has 168 valence electrons. The van der Waals surface area contributed by atoms with Crippen molar-refractivity contribution < 1.29 is 19.4 Å². The summed E-state index contributed by atoms with van der Waals surface area (Å²) in [6.45, 7) is 4.19. The van der Waals surface area contributed by atoms with Crippen LogP contribution in [0.3, 0.4) is 0 Å². The molecule has 1 aliphatic carbocycles. The third-order valence-electron chi connectivity index (χ3n) is 5.67. The number of carbonyl (C=O) groups is 1. The first-order chi connectivity index (χ1) is 15.4. The Balaban J connectivity index is 2.27. The molecule has 0 bridgehead atoms. The summed E-state index contributed by atoms with van der Waals surface area (Å²) in [6, 6.07) is 14.6. The highest BCUT2D eigenvalue weighted by Gasteiger charge is 2.29. The number of carboxylic acid groups (broad SMARTS) is 1. The van der Waals surface area contributed by atoms with Gasteiger partial charge in [-0.2, -0.15) is 0 Å². The van der Waals surface area contributed by atoms with Gasteiger partial charge in [0.05, 0.1) is 12.5 Å². The molecule has 0 radical (unpaired) electrons. The minimum absolute atomic E-state index is 0.296. The highest BCUT2D eigenvalue weighted by molar-refractivity contribution is 5.87. The summed E-state index contributed by atoms with van der Waals surface area (Å²) in [5.74, 6) is -0.901. The molecule has 0 spiro atoms. The molecule has 1 unspecified atom stereocenters. The lowest BCUT2D eigenvalue weighted by atomic mass is 9.85. The fraction of sp³-hybridized carbons (Fsp3) is 0.321. The Bertz CT molecular complexity index is 1030. The van der Waals surface area contributed by atoms with Crippen LogP contribution in [0.25, 0.3) is 5.57 Å². The van der Waals surface area contributed by atoms with E-state index in [0.29, 0.717) is 5.92 Å². The van der Waals surface area contributed by atoms with Gasteiger partial charge in [0.1, 0.15) is 5.82 Å². The molecule has 1 aliphatic rings. The summed E-state index contributed by atoms with van der Waals surface area (Å²) in [7, 11) is 0. The molecule has 0 heterocycles. The number of halogens is 1. The normalized spacial score (nSPS) is 16.2. The van der Waals surface area contributed by atoms with Crippen LogP contribution in [-0.2, 0) is 4.79 Å². The number of aliphatic hydroxyl groups excluding tert-OH is 1. The highest BCUT2D eigenvalue weighted by atomic mass is 19.1. The van der Waals surface area contributed by atoms with E-state index < -0.39 is 12.1 Å². The number of benzene rings is 2. The lowest BCUT2D eigenvalue weighted by Crippen LogP contribution is -2.10. The maximum Gasteiger partial charge on any atom is 0.306 e. The number of hydrogen-bond acceptors (Lipinski definition) is 2. The van der Waals surface area contributed by atoms with E-state index >= 15 is 0 Å². The standard InChI is InChI=1S/C28H31FO3/c1-3-4-8-25(20-10-11-20)26(17-16-23(30)18-27(31)32)28(21-12-14-22(29)15-13-21)24-9-6-5-7-19(24)2/h5-9,12-17,20,23,30H,3-4,10-11,18H2,1-2H3,(H,31,32). The van der Waals surface area contributed by atoms with E-state index in [2.05, 4.69) is 19.1 Å². The van der Waals surface area contributed by atoms with E-state index in [1.807, 2.05) is 31.2 Å². The van der Waals surface area contributed by atoms with Gasteiger partial charge < -0.3 is 10.2 Å². The molecule has 0 amide bonds. The first kappa shape index (κ1) is 23.7. The number of hydrogen-bond donors (Lipinski definition) is 2. The molecule has 3 nitrogen and oxygen atoms in total. The number of unbranched alkanes of at least 4 members (excludes halogenated alkanes) is 1. The molecule has 32 heavy (non-hydrogen) atoms. The van der Waals surface area contributed by atoms with Crippen molar-refractivity contribution in [1.82, 2.24) is 0 Å². The van der Waals surface area contributed by atoms with E-state index in [4.69, 9.17) is 5.11 Å². The average molecular weight is 435 g/mol. The molecular weight excluding hydrogens is 403 g/mol. The maximum absolute atomic E-state index is 13.7. The molecule has 1 atom stereocenters. The summed E-state index contributed by atoms with van der Waals surface area (Å²) in [5.41, 5.74) is 6.16. The predicted octanol–water partition coefficient (Wildman–Crippen LogP) is 6.46. The van der Waals surface area contributed by atoms with Gasteiger partial charge in [0.2, 0.25) is 0 Å². The van der Waals surface area contributed by atoms with Gasteiger partial charge in [-0.1, -0.05) is 68.0 Å². The van der Waals surface area contributed by atoms with E-state index in [9.17, 15) is 14.3 Å². The zero-order valence-electron chi connectivity index (χ0n) is 18.7. The van der Waals surface area contributed by atoms with Crippen LogP contribution in [0, 0.1) is 18.7 Å². The van der Waals surface area contributed by atoms with Crippen molar-refractivity contribution in [3.05, 3.63) is 100 Å². The van der Waals surface area contributed by atoms with E-state index in [0.717, 1.165) is 53.5 Å². The van der Waals surface area contributed by atoms with E-state index in [1.165, 1.54) is 17.7 Å². The van der Waals surface area contributed by atoms with Gasteiger partial charge in [0, 0.05) is 0 Å². The number of allylic oxidation sites excluding steroid dienone is 4.